The van der Waals surface area contributed by atoms with E-state index in [1.54, 1.807) is 12.1 Å². The maximum atomic E-state index is 10.7. The predicted octanol–water partition coefficient (Wildman–Crippen LogP) is 7.35. The number of non-ortho nitro benzene ring substituents is 1. The monoisotopic (exact) mass is 634 g/mol. The second-order valence-corrected chi connectivity index (χ2v) is 62.9. The van der Waals surface area contributed by atoms with Crippen molar-refractivity contribution in [1.82, 2.24) is 4.90 Å². The number of rotatable bonds is 5. The molecule has 0 aromatic heterocycles. The molecule has 1 aliphatic rings. The summed E-state index contributed by atoms with van der Waals surface area (Å²) in [7, 11) is 25.0. The van der Waals surface area contributed by atoms with E-state index in [4.69, 9.17) is 57.7 Å². The number of hydrogen-bond acceptors (Lipinski definition) is 5. The van der Waals surface area contributed by atoms with E-state index in [0.29, 0.717) is 23.8 Å². The fourth-order valence-corrected chi connectivity index (χ4v) is 2.51. The van der Waals surface area contributed by atoms with Crippen LogP contribution >= 0.6 is 53.0 Å². The van der Waals surface area contributed by atoms with Crippen molar-refractivity contribution < 1.29 is 9.66 Å². The number of nitrogens with zero attached hydrogens (tertiary/aromatic N) is 4. The molecule has 0 bridgehead atoms. The Labute approximate surface area is 188 Å². The van der Waals surface area contributed by atoms with E-state index in [0.717, 1.165) is 25.9 Å². The Balaban J connectivity index is 0.000000516. The summed E-state index contributed by atoms with van der Waals surface area (Å²) in [5.74, 6) is 0.526. The van der Waals surface area contributed by atoms with Crippen LogP contribution in [-0.2, 0) is 4.74 Å². The van der Waals surface area contributed by atoms with E-state index in [1.165, 1.54) is 18.6 Å². The van der Waals surface area contributed by atoms with Gasteiger partial charge >= 0.3 is 67.8 Å². The summed E-state index contributed by atoms with van der Waals surface area (Å²) in [6.07, 6.45) is 3.31. The van der Waals surface area contributed by atoms with Crippen molar-refractivity contribution in [2.45, 2.75) is 26.2 Å². The van der Waals surface area contributed by atoms with Crippen molar-refractivity contribution in [2.75, 3.05) is 19.7 Å². The predicted molar refractivity (Wildman–Crippen MR) is 123 cm³/mol. The van der Waals surface area contributed by atoms with Crippen LogP contribution < -0.4 is 0 Å². The SMILES string of the molecule is CCO/C(=C(/[N+]#N)c1ccc([N+](=O)[O-])cc1)N1CCCCC1.[Cl][Sb-]([Cl])([Cl])([Cl])([Cl])[Cl]. The Kier molecular flexibility index (Phi) is 9.34. The number of piperidine rings is 1. The van der Waals surface area contributed by atoms with Crippen molar-refractivity contribution in [3.63, 3.8) is 0 Å². The Hall–Kier alpha value is -0.0618. The normalized spacial score (nSPS) is 17.5. The van der Waals surface area contributed by atoms with Gasteiger partial charge in [0.25, 0.3) is 11.6 Å². The first-order chi connectivity index (χ1) is 13.1. The van der Waals surface area contributed by atoms with Gasteiger partial charge in [0.2, 0.25) is 5.39 Å². The van der Waals surface area contributed by atoms with Crippen LogP contribution in [0.4, 0.5) is 5.69 Å². The summed E-state index contributed by atoms with van der Waals surface area (Å²) in [5.41, 5.74) is 0.887. The molecule has 0 unspecified atom stereocenters. The van der Waals surface area contributed by atoms with E-state index in [-0.39, 0.29) is 5.69 Å². The van der Waals surface area contributed by atoms with Gasteiger partial charge in [-0.05, 0) is 38.3 Å². The maximum absolute atomic E-state index is 10.7. The van der Waals surface area contributed by atoms with E-state index >= 15 is 0 Å². The molecule has 0 spiro atoms. The average molecular weight is 638 g/mol. The molecular formula is C15H19Cl6N4O3Sb. The third-order valence-electron chi connectivity index (χ3n) is 3.58. The van der Waals surface area contributed by atoms with E-state index in [2.05, 4.69) is 9.88 Å². The number of halogens is 6. The molecule has 0 aliphatic carbocycles. The van der Waals surface area contributed by atoms with Crippen LogP contribution in [0.3, 0.4) is 0 Å². The van der Waals surface area contributed by atoms with Gasteiger partial charge in [-0.2, -0.15) is 0 Å². The van der Waals surface area contributed by atoms with Crippen LogP contribution in [0.1, 0.15) is 31.7 Å². The molecule has 164 valence electrons. The first-order valence-electron chi connectivity index (χ1n) is 8.40. The zero-order valence-electron chi connectivity index (χ0n) is 15.3. The van der Waals surface area contributed by atoms with Crippen LogP contribution in [0.2, 0.25) is 0 Å². The van der Waals surface area contributed by atoms with E-state index in [1.807, 2.05) is 6.92 Å². The van der Waals surface area contributed by atoms with Gasteiger partial charge in [-0.15, -0.1) is 0 Å². The quantitative estimate of drug-likeness (QED) is 0.111. The van der Waals surface area contributed by atoms with Crippen molar-refractivity contribution in [1.29, 1.82) is 5.39 Å². The Bertz CT molecular complexity index is 789. The summed E-state index contributed by atoms with van der Waals surface area (Å²) in [5, 5.41) is 20.1. The van der Waals surface area contributed by atoms with Crippen LogP contribution in [0.15, 0.2) is 30.1 Å². The van der Waals surface area contributed by atoms with Gasteiger partial charge in [0, 0.05) is 25.2 Å². The van der Waals surface area contributed by atoms with E-state index < -0.39 is 14.1 Å². The summed E-state index contributed by atoms with van der Waals surface area (Å²) in [6.45, 7) is 4.02. The van der Waals surface area contributed by atoms with Gasteiger partial charge in [-0.3, -0.25) is 10.1 Å². The van der Waals surface area contributed by atoms with Gasteiger partial charge in [0.05, 0.1) is 17.1 Å². The molecule has 1 fully saturated rings. The molecule has 0 amide bonds. The third kappa shape index (κ3) is 12.4. The molecule has 0 radical (unpaired) electrons. The molecule has 2 rings (SSSR count). The van der Waals surface area contributed by atoms with Crippen molar-refractivity contribution in [3.05, 3.63) is 50.8 Å². The molecule has 29 heavy (non-hydrogen) atoms. The van der Waals surface area contributed by atoms with Crippen LogP contribution in [-0.4, -0.2) is 38.7 Å². The summed E-state index contributed by atoms with van der Waals surface area (Å²) < 4.78 is 5.68. The van der Waals surface area contributed by atoms with Crippen LogP contribution in [0.5, 0.6) is 0 Å². The number of hydrogen-bond donors (Lipinski definition) is 0. The van der Waals surface area contributed by atoms with Crippen LogP contribution in [0.25, 0.3) is 10.7 Å². The molecule has 0 N–H and O–H groups in total. The Morgan fingerprint density at radius 2 is 1.62 bits per heavy atom. The minimum absolute atomic E-state index is 0.00280. The molecule has 14 heteroatoms. The second-order valence-electron chi connectivity index (χ2n) is 6.00. The Morgan fingerprint density at radius 3 is 2.00 bits per heavy atom. The van der Waals surface area contributed by atoms with Crippen LogP contribution in [0, 0.1) is 15.5 Å². The number of nitro benzene ring substituents is 1. The second kappa shape index (κ2) is 10.0. The van der Waals surface area contributed by atoms with Crippen molar-refractivity contribution >= 4 is 73.5 Å². The van der Waals surface area contributed by atoms with Gasteiger partial charge < -0.3 is 9.64 Å². The molecule has 1 aromatic carbocycles. The number of nitro groups is 1. The minimum atomic E-state index is -5.42. The summed E-state index contributed by atoms with van der Waals surface area (Å²) in [4.78, 5) is 15.7. The summed E-state index contributed by atoms with van der Waals surface area (Å²) in [6, 6.07) is 5.91. The third-order valence-corrected chi connectivity index (χ3v) is 3.58. The van der Waals surface area contributed by atoms with Gasteiger partial charge in [-0.25, -0.2) is 0 Å². The van der Waals surface area contributed by atoms with Gasteiger partial charge in [0.1, 0.15) is 0 Å². The molecule has 1 aliphatic heterocycles. The molecule has 0 atom stereocenters. The number of likely N-dealkylation sites (tertiary alicyclic amines) is 1. The fourth-order valence-electron chi connectivity index (χ4n) is 2.51. The molecule has 1 aromatic rings. The van der Waals surface area contributed by atoms with E-state index in [9.17, 15) is 15.5 Å². The fraction of sp³-hybridized carbons (Fsp3) is 0.467. The molecule has 7 nitrogen and oxygen atoms in total. The topological polar surface area (TPSA) is 83.8 Å². The first kappa shape index (κ1) is 27.0. The van der Waals surface area contributed by atoms with Gasteiger partial charge in [-0.1, -0.05) is 0 Å². The molecule has 1 saturated heterocycles. The first-order valence-corrected chi connectivity index (χ1v) is 27.8. The number of benzene rings is 1. The standard InChI is InChI=1S/C15H19N4O3.6ClH.Sb/c1-2-22-15(18-10-4-3-5-11-18)14(17-16)12-6-8-13(9-7-12)19(20)21;;;;;;;/h6-9H,2-5,10-11H2,1H3;6*1H;/q+1;;;;;;;+5/p-6/b15-14+;;;;;;;. The molecule has 0 saturated carbocycles. The Morgan fingerprint density at radius 1 is 1.14 bits per heavy atom. The van der Waals surface area contributed by atoms with Crippen molar-refractivity contribution in [2.24, 2.45) is 0 Å². The van der Waals surface area contributed by atoms with Gasteiger partial charge in [0.15, 0.2) is 4.98 Å². The zero-order valence-corrected chi connectivity index (χ0v) is 22.4. The number of diazo groups is 1. The number of ether oxygens (including phenoxy) is 1. The van der Waals surface area contributed by atoms with Crippen molar-refractivity contribution in [3.8, 4) is 0 Å². The molecule has 1 heterocycles. The molecular weight excluding hydrogens is 619 g/mol. The zero-order chi connectivity index (χ0) is 22.4. The average Bonchev–Trinajstić information content (AvgIpc) is 2.60. The summed E-state index contributed by atoms with van der Waals surface area (Å²) >= 11 is 0.